The topological polar surface area (TPSA) is 62.9 Å². The van der Waals surface area contributed by atoms with Crippen molar-refractivity contribution in [2.24, 2.45) is 7.05 Å². The Morgan fingerprint density at radius 2 is 1.88 bits per heavy atom. The predicted molar refractivity (Wildman–Crippen MR) is 104 cm³/mol. The lowest BCUT2D eigenvalue weighted by atomic mass is 9.83. The minimum atomic E-state index is -0.732. The highest BCUT2D eigenvalue weighted by molar-refractivity contribution is 6.04. The third-order valence-corrected chi connectivity index (χ3v) is 5.77. The number of nitrogens with one attached hydrogen (secondary N) is 2. The van der Waals surface area contributed by atoms with E-state index in [1.165, 1.54) is 37.7 Å². The molecule has 0 amide bonds. The zero-order valence-corrected chi connectivity index (χ0v) is 15.9. The summed E-state index contributed by atoms with van der Waals surface area (Å²) in [6.45, 7) is 4.66. The van der Waals surface area contributed by atoms with Crippen LogP contribution >= 0.6 is 0 Å². The van der Waals surface area contributed by atoms with Gasteiger partial charge in [-0.05, 0) is 43.7 Å². The molecule has 1 aromatic heterocycles. The molecule has 138 valence electrons. The molecule has 0 radical (unpaired) electrons. The Morgan fingerprint density at radius 1 is 1.19 bits per heavy atom. The summed E-state index contributed by atoms with van der Waals surface area (Å²) < 4.78 is 7.95. The van der Waals surface area contributed by atoms with Crippen molar-refractivity contribution in [3.63, 3.8) is 0 Å². The smallest absolute Gasteiger partial charge is 0.240 e. The van der Waals surface area contributed by atoms with Crippen LogP contribution in [0, 0.1) is 5.41 Å². The SMILES string of the molecule is Cn1nc(OC(C)(C)C(=N)c2ccc(C3CCCCC3)cc2)c2c1NC2. The molecular formula is C21H28N4O. The van der Waals surface area contributed by atoms with Crippen LogP contribution < -0.4 is 10.1 Å². The van der Waals surface area contributed by atoms with E-state index in [0.717, 1.165) is 23.5 Å². The molecule has 2 heterocycles. The van der Waals surface area contributed by atoms with Gasteiger partial charge < -0.3 is 15.5 Å². The fourth-order valence-corrected chi connectivity index (χ4v) is 4.07. The highest BCUT2D eigenvalue weighted by atomic mass is 16.5. The lowest BCUT2D eigenvalue weighted by Gasteiger charge is -2.28. The number of aryl methyl sites for hydroxylation is 1. The summed E-state index contributed by atoms with van der Waals surface area (Å²) in [6.07, 6.45) is 6.64. The van der Waals surface area contributed by atoms with E-state index < -0.39 is 5.60 Å². The molecule has 1 aromatic carbocycles. The molecule has 0 atom stereocenters. The average molecular weight is 352 g/mol. The molecule has 2 N–H and O–H groups in total. The van der Waals surface area contributed by atoms with Crippen LogP contribution in [-0.2, 0) is 13.6 Å². The number of benzene rings is 1. The monoisotopic (exact) mass is 352 g/mol. The Labute approximate surface area is 155 Å². The van der Waals surface area contributed by atoms with E-state index in [-0.39, 0.29) is 0 Å². The number of aromatic nitrogens is 2. The van der Waals surface area contributed by atoms with Gasteiger partial charge in [-0.3, -0.25) is 0 Å². The molecular weight excluding hydrogens is 324 g/mol. The summed E-state index contributed by atoms with van der Waals surface area (Å²) in [5, 5.41) is 16.3. The number of hydrogen-bond acceptors (Lipinski definition) is 4. The molecule has 0 bridgehead atoms. The molecule has 1 fully saturated rings. The van der Waals surface area contributed by atoms with Gasteiger partial charge in [-0.1, -0.05) is 43.5 Å². The van der Waals surface area contributed by atoms with Gasteiger partial charge in [0, 0.05) is 7.05 Å². The number of anilines is 1. The fourth-order valence-electron chi connectivity index (χ4n) is 4.07. The van der Waals surface area contributed by atoms with E-state index in [1.54, 1.807) is 4.68 Å². The van der Waals surface area contributed by atoms with Gasteiger partial charge >= 0.3 is 0 Å². The van der Waals surface area contributed by atoms with Crippen LogP contribution in [0.25, 0.3) is 0 Å². The van der Waals surface area contributed by atoms with E-state index >= 15 is 0 Å². The van der Waals surface area contributed by atoms with E-state index in [4.69, 9.17) is 10.1 Å². The largest absolute Gasteiger partial charge is 0.464 e. The first kappa shape index (κ1) is 17.1. The molecule has 1 saturated carbocycles. The summed E-state index contributed by atoms with van der Waals surface area (Å²) in [5.41, 5.74) is 3.18. The summed E-state index contributed by atoms with van der Waals surface area (Å²) >= 11 is 0. The zero-order chi connectivity index (χ0) is 18.3. The highest BCUT2D eigenvalue weighted by Crippen LogP contribution is 2.36. The fraction of sp³-hybridized carbons (Fsp3) is 0.524. The van der Waals surface area contributed by atoms with Gasteiger partial charge in [0.15, 0.2) is 0 Å². The average Bonchev–Trinajstić information content (AvgIpc) is 2.81. The minimum Gasteiger partial charge on any atom is -0.464 e. The van der Waals surface area contributed by atoms with E-state index in [1.807, 2.05) is 20.9 Å². The third kappa shape index (κ3) is 3.00. The molecule has 5 nitrogen and oxygen atoms in total. The number of fused-ring (bicyclic) bond motifs is 1. The van der Waals surface area contributed by atoms with E-state index in [2.05, 4.69) is 34.7 Å². The maximum atomic E-state index is 8.67. The van der Waals surface area contributed by atoms with Gasteiger partial charge in [-0.2, -0.15) is 0 Å². The predicted octanol–water partition coefficient (Wildman–Crippen LogP) is 4.62. The van der Waals surface area contributed by atoms with Crippen molar-refractivity contribution in [2.45, 2.75) is 64.0 Å². The van der Waals surface area contributed by atoms with Crippen molar-refractivity contribution in [3.8, 4) is 5.88 Å². The lowest BCUT2D eigenvalue weighted by Crippen LogP contribution is -2.39. The van der Waals surface area contributed by atoms with Crippen molar-refractivity contribution >= 4 is 11.5 Å². The summed E-state index contributed by atoms with van der Waals surface area (Å²) in [7, 11) is 1.90. The van der Waals surface area contributed by atoms with Crippen LogP contribution in [0.4, 0.5) is 5.82 Å². The summed E-state index contributed by atoms with van der Waals surface area (Å²) in [4.78, 5) is 0. The molecule has 2 aromatic rings. The highest BCUT2D eigenvalue weighted by Gasteiger charge is 2.33. The van der Waals surface area contributed by atoms with Crippen molar-refractivity contribution < 1.29 is 4.74 Å². The Kier molecular flexibility index (Phi) is 4.25. The summed E-state index contributed by atoms with van der Waals surface area (Å²) in [6, 6.07) is 8.56. The molecule has 5 heteroatoms. The molecule has 0 saturated heterocycles. The molecule has 4 rings (SSSR count). The molecule has 0 spiro atoms. The van der Waals surface area contributed by atoms with E-state index in [0.29, 0.717) is 17.5 Å². The van der Waals surface area contributed by atoms with Crippen LogP contribution in [-0.4, -0.2) is 21.1 Å². The summed E-state index contributed by atoms with van der Waals surface area (Å²) in [5.74, 6) is 2.34. The minimum absolute atomic E-state index is 0.486. The number of ether oxygens (including phenoxy) is 1. The molecule has 26 heavy (non-hydrogen) atoms. The van der Waals surface area contributed by atoms with Crippen LogP contribution in [0.1, 0.15) is 68.6 Å². The maximum absolute atomic E-state index is 8.67. The molecule has 1 aliphatic heterocycles. The van der Waals surface area contributed by atoms with Gasteiger partial charge in [-0.15, -0.1) is 5.10 Å². The lowest BCUT2D eigenvalue weighted by molar-refractivity contribution is 0.171. The van der Waals surface area contributed by atoms with E-state index in [9.17, 15) is 0 Å². The second-order valence-corrected chi connectivity index (χ2v) is 8.05. The standard InChI is InChI=1S/C21H28N4O/c1-21(2,26-20-17-13-23-19(17)25(3)24-20)18(22)16-11-9-15(10-12-16)14-7-5-4-6-8-14/h9-12,14,22-23H,4-8,13H2,1-3H3. The first-order chi connectivity index (χ1) is 12.5. The second kappa shape index (κ2) is 6.45. The van der Waals surface area contributed by atoms with Crippen molar-refractivity contribution in [1.82, 2.24) is 9.78 Å². The van der Waals surface area contributed by atoms with Gasteiger partial charge in [0.2, 0.25) is 5.88 Å². The third-order valence-electron chi connectivity index (χ3n) is 5.77. The Hall–Kier alpha value is -2.30. The van der Waals surface area contributed by atoms with Gasteiger partial charge in [0.25, 0.3) is 0 Å². The normalized spacial score (nSPS) is 17.2. The Morgan fingerprint density at radius 3 is 2.46 bits per heavy atom. The number of rotatable bonds is 5. The quantitative estimate of drug-likeness (QED) is 0.772. The van der Waals surface area contributed by atoms with Crippen LogP contribution in [0.3, 0.4) is 0 Å². The van der Waals surface area contributed by atoms with Gasteiger partial charge in [0.1, 0.15) is 11.4 Å². The Bertz CT molecular complexity index is 813. The van der Waals surface area contributed by atoms with Crippen LogP contribution in [0.15, 0.2) is 24.3 Å². The van der Waals surface area contributed by atoms with Crippen molar-refractivity contribution in [1.29, 1.82) is 5.41 Å². The van der Waals surface area contributed by atoms with Crippen molar-refractivity contribution in [3.05, 3.63) is 41.0 Å². The first-order valence-corrected chi connectivity index (χ1v) is 9.64. The number of nitrogens with zero attached hydrogens (tertiary/aromatic N) is 2. The van der Waals surface area contributed by atoms with Crippen LogP contribution in [0.5, 0.6) is 5.88 Å². The first-order valence-electron chi connectivity index (χ1n) is 9.64. The van der Waals surface area contributed by atoms with Gasteiger partial charge in [-0.25, -0.2) is 4.68 Å². The second-order valence-electron chi connectivity index (χ2n) is 8.05. The number of hydrogen-bond donors (Lipinski definition) is 2. The van der Waals surface area contributed by atoms with Crippen molar-refractivity contribution in [2.75, 3.05) is 5.32 Å². The molecule has 1 aliphatic carbocycles. The molecule has 2 aliphatic rings. The Balaban J connectivity index is 1.49. The van der Waals surface area contributed by atoms with Gasteiger partial charge in [0.05, 0.1) is 17.8 Å². The zero-order valence-electron chi connectivity index (χ0n) is 15.9. The molecule has 0 unspecified atom stereocenters. The van der Waals surface area contributed by atoms with Crippen LogP contribution in [0.2, 0.25) is 0 Å². The maximum Gasteiger partial charge on any atom is 0.240 e.